The molecule has 0 saturated heterocycles. The summed E-state index contributed by atoms with van der Waals surface area (Å²) in [6.45, 7) is 9.43. The third-order valence-electron chi connectivity index (χ3n) is 15.3. The van der Waals surface area contributed by atoms with Gasteiger partial charge in [-0.05, 0) is 37.5 Å². The molecule has 0 fully saturated rings. The van der Waals surface area contributed by atoms with Crippen LogP contribution in [0.15, 0.2) is 0 Å². The van der Waals surface area contributed by atoms with Crippen molar-refractivity contribution in [3.63, 3.8) is 0 Å². The first-order chi connectivity index (χ1) is 40.4. The van der Waals surface area contributed by atoms with Gasteiger partial charge in [0.2, 0.25) is 0 Å². The van der Waals surface area contributed by atoms with Crippen LogP contribution in [0.1, 0.15) is 324 Å². The van der Waals surface area contributed by atoms with Crippen LogP contribution in [0.5, 0.6) is 0 Å². The standard InChI is InChI=1S/C65H126O17P2/c1-7-10-12-14-15-23-31-37-43-49-64(69)81-60(53-75-62(67)47-41-33-13-11-8-2)55-79-83(71,72)77-51-59(66)52-78-84(73,74)80-56-61(54-76-63(68)48-42-36-30-27-26-29-35-40-46-58(6)9-3)82-65(70)50-44-38-32-25-22-20-18-16-17-19-21-24-28-34-39-45-57(4)5/h57-61,66H,7-56H2,1-6H3,(H,71,72)(H,73,74)/t58?,59-,60+,61+/m0/s1. The maximum Gasteiger partial charge on any atom is 0.472 e. The number of hydrogen-bond acceptors (Lipinski definition) is 15. The third kappa shape index (κ3) is 57.8. The van der Waals surface area contributed by atoms with Gasteiger partial charge < -0.3 is 33.8 Å². The number of unbranched alkanes of at least 4 members (excludes halogenated alkanes) is 33. The molecule has 0 spiro atoms. The van der Waals surface area contributed by atoms with Crippen molar-refractivity contribution in [2.24, 2.45) is 11.8 Å². The number of aliphatic hydroxyl groups excluding tert-OH is 1. The Hall–Kier alpha value is -1.94. The van der Waals surface area contributed by atoms with Crippen molar-refractivity contribution < 1.29 is 80.2 Å². The van der Waals surface area contributed by atoms with Crippen LogP contribution in [0.3, 0.4) is 0 Å². The van der Waals surface area contributed by atoms with Gasteiger partial charge in [0.25, 0.3) is 0 Å². The number of aliphatic hydroxyl groups is 1. The fourth-order valence-electron chi connectivity index (χ4n) is 9.68. The first-order valence-corrected chi connectivity index (χ1v) is 37.0. The summed E-state index contributed by atoms with van der Waals surface area (Å²) >= 11 is 0. The van der Waals surface area contributed by atoms with Gasteiger partial charge in [-0.1, -0.05) is 273 Å². The molecule has 19 heteroatoms. The fourth-order valence-corrected chi connectivity index (χ4v) is 11.3. The molecule has 0 rings (SSSR count). The van der Waals surface area contributed by atoms with Crippen LogP contribution < -0.4 is 0 Å². The van der Waals surface area contributed by atoms with Gasteiger partial charge in [0.1, 0.15) is 19.3 Å². The average Bonchev–Trinajstić information content (AvgIpc) is 3.48. The van der Waals surface area contributed by atoms with E-state index < -0.39 is 97.5 Å². The molecule has 6 atom stereocenters. The Labute approximate surface area is 511 Å². The van der Waals surface area contributed by atoms with E-state index in [2.05, 4.69) is 41.5 Å². The molecule has 0 amide bonds. The molecule has 498 valence electrons. The first-order valence-electron chi connectivity index (χ1n) is 34.0. The largest absolute Gasteiger partial charge is 0.472 e. The van der Waals surface area contributed by atoms with Crippen LogP contribution >= 0.6 is 15.6 Å². The number of esters is 4. The summed E-state index contributed by atoms with van der Waals surface area (Å²) in [7, 11) is -9.88. The zero-order chi connectivity index (χ0) is 62.2. The lowest BCUT2D eigenvalue weighted by Gasteiger charge is -2.21. The third-order valence-corrected chi connectivity index (χ3v) is 17.2. The molecule has 84 heavy (non-hydrogen) atoms. The van der Waals surface area contributed by atoms with E-state index in [0.29, 0.717) is 25.7 Å². The molecule has 3 N–H and O–H groups in total. The maximum absolute atomic E-state index is 13.0. The van der Waals surface area contributed by atoms with Gasteiger partial charge in [-0.15, -0.1) is 0 Å². The van der Waals surface area contributed by atoms with E-state index in [-0.39, 0.29) is 25.7 Å². The first kappa shape index (κ1) is 82.1. The number of phosphoric ester groups is 2. The normalized spacial score (nSPS) is 14.6. The van der Waals surface area contributed by atoms with E-state index in [9.17, 15) is 43.2 Å². The number of ether oxygens (including phenoxy) is 4. The predicted molar refractivity (Wildman–Crippen MR) is 335 cm³/mol. The molecule has 17 nitrogen and oxygen atoms in total. The highest BCUT2D eigenvalue weighted by Crippen LogP contribution is 2.45. The van der Waals surface area contributed by atoms with Gasteiger partial charge in [0.05, 0.1) is 26.4 Å². The molecule has 0 aromatic rings. The second kappa shape index (κ2) is 57.5. The van der Waals surface area contributed by atoms with E-state index in [1.165, 1.54) is 135 Å². The van der Waals surface area contributed by atoms with Gasteiger partial charge in [-0.3, -0.25) is 37.3 Å². The van der Waals surface area contributed by atoms with Crippen molar-refractivity contribution in [3.05, 3.63) is 0 Å². The molecular weight excluding hydrogens is 1110 g/mol. The van der Waals surface area contributed by atoms with Crippen molar-refractivity contribution >= 4 is 39.5 Å². The Balaban J connectivity index is 5.15. The summed E-state index contributed by atoms with van der Waals surface area (Å²) in [6.07, 6.45) is 40.7. The molecule has 0 saturated carbocycles. The lowest BCUT2D eigenvalue weighted by atomic mass is 9.99. The number of hydrogen-bond donors (Lipinski definition) is 3. The lowest BCUT2D eigenvalue weighted by molar-refractivity contribution is -0.161. The Kier molecular flexibility index (Phi) is 56.2. The van der Waals surface area contributed by atoms with E-state index in [0.717, 1.165) is 108 Å². The molecular formula is C65H126O17P2. The smallest absolute Gasteiger partial charge is 0.462 e. The summed E-state index contributed by atoms with van der Waals surface area (Å²) in [5.41, 5.74) is 0. The van der Waals surface area contributed by atoms with Crippen LogP contribution in [0.4, 0.5) is 0 Å². The summed E-state index contributed by atoms with van der Waals surface area (Å²) in [6, 6.07) is 0. The highest BCUT2D eigenvalue weighted by Gasteiger charge is 2.30. The minimum atomic E-state index is -4.94. The minimum absolute atomic E-state index is 0.105. The van der Waals surface area contributed by atoms with Gasteiger partial charge in [-0.2, -0.15) is 0 Å². The molecule has 0 radical (unpaired) electrons. The Morgan fingerprint density at radius 1 is 0.345 bits per heavy atom. The molecule has 0 aromatic heterocycles. The molecule has 0 bridgehead atoms. The van der Waals surface area contributed by atoms with Crippen LogP contribution in [0.2, 0.25) is 0 Å². The minimum Gasteiger partial charge on any atom is -0.462 e. The number of carbonyl (C=O) groups excluding carboxylic acids is 4. The van der Waals surface area contributed by atoms with E-state index in [1.54, 1.807) is 0 Å². The van der Waals surface area contributed by atoms with Crippen LogP contribution in [-0.4, -0.2) is 96.7 Å². The fraction of sp³-hybridized carbons (Fsp3) is 0.938. The van der Waals surface area contributed by atoms with Crippen molar-refractivity contribution in [3.8, 4) is 0 Å². The highest BCUT2D eigenvalue weighted by molar-refractivity contribution is 7.47. The number of phosphoric acid groups is 2. The zero-order valence-corrected chi connectivity index (χ0v) is 56.0. The molecule has 0 aliphatic heterocycles. The van der Waals surface area contributed by atoms with Crippen LogP contribution in [-0.2, 0) is 65.4 Å². The molecule has 0 heterocycles. The van der Waals surface area contributed by atoms with Crippen molar-refractivity contribution in [1.82, 2.24) is 0 Å². The monoisotopic (exact) mass is 1240 g/mol. The van der Waals surface area contributed by atoms with Crippen molar-refractivity contribution in [1.29, 1.82) is 0 Å². The molecule has 0 aliphatic carbocycles. The van der Waals surface area contributed by atoms with Gasteiger partial charge >= 0.3 is 39.5 Å². The summed E-state index contributed by atoms with van der Waals surface area (Å²) in [5, 5.41) is 10.5. The van der Waals surface area contributed by atoms with Crippen LogP contribution in [0.25, 0.3) is 0 Å². The van der Waals surface area contributed by atoms with E-state index in [4.69, 9.17) is 37.0 Å². The Morgan fingerprint density at radius 2 is 0.607 bits per heavy atom. The number of carbonyl (C=O) groups is 4. The summed E-state index contributed by atoms with van der Waals surface area (Å²) in [5.74, 6) is -0.564. The zero-order valence-electron chi connectivity index (χ0n) is 54.2. The quantitative estimate of drug-likeness (QED) is 0.0222. The predicted octanol–water partition coefficient (Wildman–Crippen LogP) is 18.0. The SMILES string of the molecule is CCCCCCCCCCCC(=O)O[C@H](COC(=O)CCCCCCC)COP(=O)(O)OC[C@H](O)COP(=O)(O)OC[C@@H](COC(=O)CCCCCCCCCCC(C)CC)OC(=O)CCCCCCCCCCCCCCCCCC(C)C. The second-order valence-corrected chi connectivity index (χ2v) is 27.1. The lowest BCUT2D eigenvalue weighted by Crippen LogP contribution is -2.30. The van der Waals surface area contributed by atoms with Crippen molar-refractivity contribution in [2.75, 3.05) is 39.6 Å². The summed E-state index contributed by atoms with van der Waals surface area (Å²) in [4.78, 5) is 72.0. The summed E-state index contributed by atoms with van der Waals surface area (Å²) < 4.78 is 67.8. The van der Waals surface area contributed by atoms with Crippen molar-refractivity contribution in [2.45, 2.75) is 342 Å². The Morgan fingerprint density at radius 3 is 0.905 bits per heavy atom. The van der Waals surface area contributed by atoms with E-state index >= 15 is 0 Å². The van der Waals surface area contributed by atoms with Crippen LogP contribution in [0, 0.1) is 11.8 Å². The number of rotatable bonds is 64. The average molecular weight is 1240 g/mol. The molecule has 3 unspecified atom stereocenters. The topological polar surface area (TPSA) is 237 Å². The molecule has 0 aromatic carbocycles. The van der Waals surface area contributed by atoms with E-state index in [1.807, 2.05) is 0 Å². The molecule has 0 aliphatic rings. The second-order valence-electron chi connectivity index (χ2n) is 24.2. The van der Waals surface area contributed by atoms with Gasteiger partial charge in [0.15, 0.2) is 12.2 Å². The maximum atomic E-state index is 13.0. The highest BCUT2D eigenvalue weighted by atomic mass is 31.2. The van der Waals surface area contributed by atoms with Gasteiger partial charge in [0, 0.05) is 25.7 Å². The Bertz CT molecular complexity index is 1650. The van der Waals surface area contributed by atoms with Gasteiger partial charge in [-0.25, -0.2) is 9.13 Å².